The molecular weight excluding hydrogens is 238 g/mol. The summed E-state index contributed by atoms with van der Waals surface area (Å²) in [6, 6.07) is 0. The van der Waals surface area contributed by atoms with E-state index < -0.39 is 0 Å². The lowest BCUT2D eigenvalue weighted by atomic mass is 9.73. The average Bonchev–Trinajstić information content (AvgIpc) is 2.77. The Labute approximate surface area is 116 Å². The molecule has 1 fully saturated rings. The first kappa shape index (κ1) is 14.5. The average molecular weight is 265 g/mol. The Hall–Kier alpha value is -0.900. The highest BCUT2D eigenvalue weighted by atomic mass is 16.5. The van der Waals surface area contributed by atoms with Gasteiger partial charge >= 0.3 is 0 Å². The predicted octanol–water partition coefficient (Wildman–Crippen LogP) is 3.58. The minimum atomic E-state index is -0.381. The largest absolute Gasteiger partial charge is 0.339 e. The van der Waals surface area contributed by atoms with Crippen LogP contribution < -0.4 is 5.73 Å². The zero-order valence-corrected chi connectivity index (χ0v) is 12.6. The molecule has 1 aliphatic rings. The quantitative estimate of drug-likeness (QED) is 0.903. The molecule has 0 aromatic carbocycles. The molecule has 0 aliphatic heterocycles. The van der Waals surface area contributed by atoms with Crippen LogP contribution in [0.2, 0.25) is 0 Å². The molecule has 2 unspecified atom stereocenters. The molecule has 0 amide bonds. The molecule has 0 spiro atoms. The van der Waals surface area contributed by atoms with E-state index in [0.29, 0.717) is 17.6 Å². The summed E-state index contributed by atoms with van der Waals surface area (Å²) in [5.41, 5.74) is 6.19. The van der Waals surface area contributed by atoms with Gasteiger partial charge in [0.05, 0.1) is 5.54 Å². The molecule has 19 heavy (non-hydrogen) atoms. The Morgan fingerprint density at radius 1 is 1.37 bits per heavy atom. The van der Waals surface area contributed by atoms with Crippen molar-refractivity contribution in [3.05, 3.63) is 11.7 Å². The molecule has 4 nitrogen and oxygen atoms in total. The normalized spacial score (nSPS) is 28.3. The third kappa shape index (κ3) is 3.35. The van der Waals surface area contributed by atoms with Gasteiger partial charge in [-0.15, -0.1) is 0 Å². The van der Waals surface area contributed by atoms with Crippen molar-refractivity contribution in [1.82, 2.24) is 10.1 Å². The molecule has 0 bridgehead atoms. The number of hydrogen-bond acceptors (Lipinski definition) is 4. The Bertz CT molecular complexity index is 413. The number of aromatic nitrogens is 2. The van der Waals surface area contributed by atoms with Gasteiger partial charge in [-0.2, -0.15) is 4.98 Å². The Balaban J connectivity index is 2.11. The molecule has 0 radical (unpaired) electrons. The van der Waals surface area contributed by atoms with Crippen molar-refractivity contribution in [2.75, 3.05) is 0 Å². The van der Waals surface area contributed by atoms with Crippen LogP contribution in [0.15, 0.2) is 4.52 Å². The summed E-state index contributed by atoms with van der Waals surface area (Å²) in [5.74, 6) is 3.10. The summed E-state index contributed by atoms with van der Waals surface area (Å²) >= 11 is 0. The van der Waals surface area contributed by atoms with Crippen molar-refractivity contribution in [3.8, 4) is 0 Å². The van der Waals surface area contributed by atoms with Gasteiger partial charge in [-0.05, 0) is 31.1 Å². The molecule has 1 heterocycles. The zero-order chi connectivity index (χ0) is 14.0. The van der Waals surface area contributed by atoms with Crippen LogP contribution in [0.4, 0.5) is 0 Å². The van der Waals surface area contributed by atoms with E-state index in [2.05, 4.69) is 37.8 Å². The molecule has 1 aromatic heterocycles. The summed E-state index contributed by atoms with van der Waals surface area (Å²) in [6.45, 7) is 8.67. The molecule has 108 valence electrons. The van der Waals surface area contributed by atoms with E-state index in [-0.39, 0.29) is 11.5 Å². The van der Waals surface area contributed by atoms with Crippen LogP contribution in [0.1, 0.15) is 77.4 Å². The van der Waals surface area contributed by atoms with Crippen molar-refractivity contribution in [1.29, 1.82) is 0 Å². The van der Waals surface area contributed by atoms with Crippen LogP contribution in [0, 0.1) is 11.8 Å². The number of nitrogens with two attached hydrogens (primary N) is 1. The lowest BCUT2D eigenvalue weighted by Gasteiger charge is -2.36. The molecule has 2 rings (SSSR count). The molecule has 1 aliphatic carbocycles. The van der Waals surface area contributed by atoms with E-state index in [4.69, 9.17) is 10.3 Å². The Kier molecular flexibility index (Phi) is 4.29. The van der Waals surface area contributed by atoms with Crippen LogP contribution in [0.3, 0.4) is 0 Å². The van der Waals surface area contributed by atoms with Gasteiger partial charge in [0.15, 0.2) is 5.82 Å². The van der Waals surface area contributed by atoms with Crippen LogP contribution in [0.5, 0.6) is 0 Å². The molecule has 4 heteroatoms. The van der Waals surface area contributed by atoms with Gasteiger partial charge in [0.25, 0.3) is 0 Å². The maximum atomic E-state index is 6.57. The standard InChI is InChI=1S/C15H27N3O/c1-10(2)8-12-6-5-7-15(16,9-12)14-17-13(11(3)4)19-18-14/h10-12H,5-9,16H2,1-4H3. The highest BCUT2D eigenvalue weighted by Gasteiger charge is 2.38. The molecule has 2 atom stereocenters. The number of nitrogens with zero attached hydrogens (tertiary/aromatic N) is 2. The zero-order valence-electron chi connectivity index (χ0n) is 12.6. The fourth-order valence-corrected chi connectivity index (χ4v) is 3.17. The highest BCUT2D eigenvalue weighted by Crippen LogP contribution is 2.39. The summed E-state index contributed by atoms with van der Waals surface area (Å²) in [5, 5.41) is 4.14. The van der Waals surface area contributed by atoms with Crippen LogP contribution in [-0.2, 0) is 5.54 Å². The fourth-order valence-electron chi connectivity index (χ4n) is 3.17. The second-order valence-corrected chi connectivity index (χ2v) is 6.86. The summed E-state index contributed by atoms with van der Waals surface area (Å²) in [4.78, 5) is 4.52. The number of rotatable bonds is 4. The second-order valence-electron chi connectivity index (χ2n) is 6.86. The fraction of sp³-hybridized carbons (Fsp3) is 0.867. The lowest BCUT2D eigenvalue weighted by Crippen LogP contribution is -2.42. The van der Waals surface area contributed by atoms with E-state index >= 15 is 0 Å². The minimum absolute atomic E-state index is 0.264. The van der Waals surface area contributed by atoms with Gasteiger partial charge in [-0.25, -0.2) is 0 Å². The Morgan fingerprint density at radius 3 is 2.68 bits per heavy atom. The molecule has 2 N–H and O–H groups in total. The predicted molar refractivity (Wildman–Crippen MR) is 75.7 cm³/mol. The molecule has 1 saturated carbocycles. The van der Waals surface area contributed by atoms with Crippen molar-refractivity contribution in [3.63, 3.8) is 0 Å². The smallest absolute Gasteiger partial charge is 0.229 e. The first-order valence-corrected chi connectivity index (χ1v) is 7.53. The van der Waals surface area contributed by atoms with Crippen LogP contribution in [-0.4, -0.2) is 10.1 Å². The van der Waals surface area contributed by atoms with E-state index in [1.165, 1.54) is 19.3 Å². The third-order valence-electron chi connectivity index (χ3n) is 4.07. The van der Waals surface area contributed by atoms with Crippen LogP contribution >= 0.6 is 0 Å². The maximum absolute atomic E-state index is 6.57. The van der Waals surface area contributed by atoms with Gasteiger partial charge in [-0.1, -0.05) is 45.7 Å². The van der Waals surface area contributed by atoms with Gasteiger partial charge in [-0.3, -0.25) is 0 Å². The van der Waals surface area contributed by atoms with Crippen LogP contribution in [0.25, 0.3) is 0 Å². The highest BCUT2D eigenvalue weighted by molar-refractivity contribution is 5.07. The van der Waals surface area contributed by atoms with Crippen molar-refractivity contribution >= 4 is 0 Å². The van der Waals surface area contributed by atoms with Gasteiger partial charge in [0, 0.05) is 5.92 Å². The van der Waals surface area contributed by atoms with Crippen molar-refractivity contribution in [2.45, 2.75) is 71.3 Å². The van der Waals surface area contributed by atoms with E-state index in [9.17, 15) is 0 Å². The lowest BCUT2D eigenvalue weighted by molar-refractivity contribution is 0.190. The van der Waals surface area contributed by atoms with Crippen molar-refractivity contribution < 1.29 is 4.52 Å². The SMILES string of the molecule is CC(C)CC1CCCC(N)(c2noc(C(C)C)n2)C1. The van der Waals surface area contributed by atoms with Crippen molar-refractivity contribution in [2.24, 2.45) is 17.6 Å². The van der Waals surface area contributed by atoms with E-state index in [0.717, 1.165) is 18.8 Å². The summed E-state index contributed by atoms with van der Waals surface area (Å²) in [7, 11) is 0. The van der Waals surface area contributed by atoms with Gasteiger partial charge in [0.2, 0.25) is 5.89 Å². The second kappa shape index (κ2) is 5.61. The Morgan fingerprint density at radius 2 is 2.11 bits per heavy atom. The summed E-state index contributed by atoms with van der Waals surface area (Å²) < 4.78 is 5.32. The molecule has 1 aromatic rings. The number of hydrogen-bond donors (Lipinski definition) is 1. The first-order valence-electron chi connectivity index (χ1n) is 7.53. The van der Waals surface area contributed by atoms with Gasteiger partial charge < -0.3 is 10.3 Å². The topological polar surface area (TPSA) is 64.9 Å². The maximum Gasteiger partial charge on any atom is 0.229 e. The molecular formula is C15H27N3O. The first-order chi connectivity index (χ1) is 8.90. The summed E-state index contributed by atoms with van der Waals surface area (Å²) in [6.07, 6.45) is 5.65. The minimum Gasteiger partial charge on any atom is -0.339 e. The van der Waals surface area contributed by atoms with E-state index in [1.807, 2.05) is 0 Å². The third-order valence-corrected chi connectivity index (χ3v) is 4.07. The monoisotopic (exact) mass is 265 g/mol. The molecule has 0 saturated heterocycles. The van der Waals surface area contributed by atoms with Gasteiger partial charge in [0.1, 0.15) is 0 Å². The van der Waals surface area contributed by atoms with E-state index in [1.54, 1.807) is 0 Å².